The van der Waals surface area contributed by atoms with Crippen molar-refractivity contribution in [1.82, 2.24) is 20.4 Å². The summed E-state index contributed by atoms with van der Waals surface area (Å²) in [7, 11) is 1.71. The molecule has 1 heterocycles. The van der Waals surface area contributed by atoms with Crippen LogP contribution in [0.2, 0.25) is 0 Å². The first-order valence-electron chi connectivity index (χ1n) is 11.3. The maximum Gasteiger partial charge on any atom is 0.321 e. The normalized spacial score (nSPS) is 10.6. The number of nitrogens with one attached hydrogen (secondary N) is 2. The highest BCUT2D eigenvalue weighted by Gasteiger charge is 2.14. The molecular weight excluding hydrogens is 442 g/mol. The van der Waals surface area contributed by atoms with Crippen LogP contribution in [-0.2, 0) is 13.0 Å². The van der Waals surface area contributed by atoms with Crippen LogP contribution in [0.15, 0.2) is 83.4 Å². The van der Waals surface area contributed by atoms with Crippen molar-refractivity contribution in [2.75, 3.05) is 18.9 Å². The lowest BCUT2D eigenvalue weighted by Gasteiger charge is -2.16. The number of aryl methyl sites for hydroxylation is 1. The van der Waals surface area contributed by atoms with Crippen molar-refractivity contribution in [2.45, 2.75) is 19.9 Å². The van der Waals surface area contributed by atoms with Gasteiger partial charge in [-0.3, -0.25) is 4.79 Å². The summed E-state index contributed by atoms with van der Waals surface area (Å²) in [6, 6.07) is 24.0. The molecule has 4 rings (SSSR count). The summed E-state index contributed by atoms with van der Waals surface area (Å²) in [5, 5.41) is 9.79. The van der Waals surface area contributed by atoms with Crippen molar-refractivity contribution in [1.29, 1.82) is 0 Å². The van der Waals surface area contributed by atoms with E-state index in [0.717, 1.165) is 22.4 Å². The molecular formula is C27H27N5O3. The van der Waals surface area contributed by atoms with Gasteiger partial charge in [0.25, 0.3) is 11.8 Å². The molecule has 0 unspecified atom stereocenters. The number of hydrogen-bond acceptors (Lipinski definition) is 5. The molecule has 2 N–H and O–H groups in total. The van der Waals surface area contributed by atoms with Crippen molar-refractivity contribution >= 4 is 17.6 Å². The first-order valence-corrected chi connectivity index (χ1v) is 11.3. The summed E-state index contributed by atoms with van der Waals surface area (Å²) in [6.07, 6.45) is 0.446. The van der Waals surface area contributed by atoms with Crippen LogP contribution >= 0.6 is 0 Å². The number of carbonyl (C=O) groups excluding carboxylic acids is 2. The monoisotopic (exact) mass is 469 g/mol. The second-order valence-corrected chi connectivity index (χ2v) is 8.17. The summed E-state index contributed by atoms with van der Waals surface area (Å²) in [5.41, 5.74) is 4.22. The number of hydrogen-bond donors (Lipinski definition) is 2. The Morgan fingerprint density at radius 2 is 1.66 bits per heavy atom. The van der Waals surface area contributed by atoms with Crippen LogP contribution in [0.1, 0.15) is 27.3 Å². The number of rotatable bonds is 8. The molecule has 0 spiro atoms. The average molecular weight is 470 g/mol. The summed E-state index contributed by atoms with van der Waals surface area (Å²) in [4.78, 5) is 30.8. The van der Waals surface area contributed by atoms with E-state index in [4.69, 9.17) is 4.52 Å². The van der Waals surface area contributed by atoms with E-state index >= 15 is 0 Å². The Kier molecular flexibility index (Phi) is 7.52. The molecule has 0 saturated carbocycles. The summed E-state index contributed by atoms with van der Waals surface area (Å²) >= 11 is 0. The summed E-state index contributed by atoms with van der Waals surface area (Å²) < 4.78 is 5.38. The number of para-hydroxylation sites is 1. The van der Waals surface area contributed by atoms with Crippen molar-refractivity contribution in [3.8, 4) is 11.5 Å². The minimum Gasteiger partial charge on any atom is -0.348 e. The van der Waals surface area contributed by atoms with Crippen molar-refractivity contribution in [3.63, 3.8) is 0 Å². The van der Waals surface area contributed by atoms with E-state index in [9.17, 15) is 9.59 Å². The topological polar surface area (TPSA) is 100 Å². The van der Waals surface area contributed by atoms with Gasteiger partial charge in [-0.05, 0) is 54.4 Å². The Morgan fingerprint density at radius 1 is 0.943 bits per heavy atom. The number of nitrogens with zero attached hydrogens (tertiary/aromatic N) is 3. The van der Waals surface area contributed by atoms with Crippen LogP contribution in [0, 0.1) is 6.92 Å². The SMILES string of the molecule is Cc1ccccc1CNC(=O)c1ccc(-c2nc(CCN(C)C(=O)Nc3ccccc3)no2)cc1. The fourth-order valence-electron chi connectivity index (χ4n) is 3.43. The Balaban J connectivity index is 1.29. The van der Waals surface area contributed by atoms with Crippen LogP contribution < -0.4 is 10.6 Å². The van der Waals surface area contributed by atoms with Gasteiger partial charge in [0.05, 0.1) is 0 Å². The molecule has 0 bridgehead atoms. The van der Waals surface area contributed by atoms with Crippen LogP contribution in [0.25, 0.3) is 11.5 Å². The highest BCUT2D eigenvalue weighted by Crippen LogP contribution is 2.18. The third kappa shape index (κ3) is 6.32. The lowest BCUT2D eigenvalue weighted by atomic mass is 10.1. The van der Waals surface area contributed by atoms with Gasteiger partial charge in [-0.1, -0.05) is 47.6 Å². The molecule has 4 aromatic rings. The molecule has 178 valence electrons. The number of urea groups is 1. The molecule has 35 heavy (non-hydrogen) atoms. The van der Waals surface area contributed by atoms with Crippen LogP contribution in [0.5, 0.6) is 0 Å². The number of carbonyl (C=O) groups is 2. The van der Waals surface area contributed by atoms with Gasteiger partial charge in [0, 0.05) is 43.4 Å². The highest BCUT2D eigenvalue weighted by molar-refractivity contribution is 5.94. The third-order valence-electron chi connectivity index (χ3n) is 5.61. The summed E-state index contributed by atoms with van der Waals surface area (Å²) in [6.45, 7) is 2.92. The Bertz CT molecular complexity index is 1290. The van der Waals surface area contributed by atoms with Crippen LogP contribution in [0.4, 0.5) is 10.5 Å². The molecule has 0 saturated heterocycles. The Morgan fingerprint density at radius 3 is 2.40 bits per heavy atom. The second kappa shape index (κ2) is 11.1. The minimum atomic E-state index is -0.212. The second-order valence-electron chi connectivity index (χ2n) is 8.17. The number of aromatic nitrogens is 2. The van der Waals surface area contributed by atoms with Crippen molar-refractivity contribution < 1.29 is 14.1 Å². The lowest BCUT2D eigenvalue weighted by Crippen LogP contribution is -2.33. The van der Waals surface area contributed by atoms with Crippen molar-refractivity contribution in [2.24, 2.45) is 0 Å². The predicted molar refractivity (Wildman–Crippen MR) is 134 cm³/mol. The van der Waals surface area contributed by atoms with Crippen LogP contribution in [0.3, 0.4) is 0 Å². The number of amides is 3. The first-order chi connectivity index (χ1) is 17.0. The van der Waals surface area contributed by atoms with Gasteiger partial charge >= 0.3 is 6.03 Å². The molecule has 0 atom stereocenters. The lowest BCUT2D eigenvalue weighted by molar-refractivity contribution is 0.0951. The first kappa shape index (κ1) is 23.7. The zero-order valence-electron chi connectivity index (χ0n) is 19.7. The van der Waals surface area contributed by atoms with Gasteiger partial charge in [-0.25, -0.2) is 4.79 Å². The number of anilines is 1. The maximum atomic E-state index is 12.5. The Labute approximate surface area is 204 Å². The highest BCUT2D eigenvalue weighted by atomic mass is 16.5. The molecule has 0 aliphatic heterocycles. The average Bonchev–Trinajstić information content (AvgIpc) is 3.36. The molecule has 8 nitrogen and oxygen atoms in total. The fraction of sp³-hybridized carbons (Fsp3) is 0.185. The van der Waals surface area contributed by atoms with Crippen molar-refractivity contribution in [3.05, 3.63) is 101 Å². The zero-order valence-corrected chi connectivity index (χ0v) is 19.7. The Hall–Kier alpha value is -4.46. The van der Waals surface area contributed by atoms with Gasteiger partial charge in [-0.15, -0.1) is 0 Å². The van der Waals surface area contributed by atoms with Gasteiger partial charge in [-0.2, -0.15) is 4.98 Å². The van der Waals surface area contributed by atoms with E-state index in [-0.39, 0.29) is 11.9 Å². The van der Waals surface area contributed by atoms with E-state index in [1.165, 1.54) is 0 Å². The van der Waals surface area contributed by atoms with E-state index in [1.54, 1.807) is 36.2 Å². The number of benzene rings is 3. The molecule has 8 heteroatoms. The van der Waals surface area contributed by atoms with Gasteiger partial charge < -0.3 is 20.1 Å². The van der Waals surface area contributed by atoms with Gasteiger partial charge in [0.1, 0.15) is 0 Å². The summed E-state index contributed by atoms with van der Waals surface area (Å²) in [5.74, 6) is 0.713. The van der Waals surface area contributed by atoms with Gasteiger partial charge in [0.2, 0.25) is 0 Å². The minimum absolute atomic E-state index is 0.150. The van der Waals surface area contributed by atoms with E-state index in [2.05, 4.69) is 20.8 Å². The molecule has 0 fully saturated rings. The quantitative estimate of drug-likeness (QED) is 0.390. The molecule has 3 amide bonds. The molecule has 0 aliphatic carbocycles. The molecule has 0 radical (unpaired) electrons. The largest absolute Gasteiger partial charge is 0.348 e. The molecule has 0 aliphatic rings. The predicted octanol–water partition coefficient (Wildman–Crippen LogP) is 4.68. The number of likely N-dealkylation sites (N-methyl/N-ethyl adjacent to an activating group) is 1. The molecule has 1 aromatic heterocycles. The van der Waals surface area contributed by atoms with E-state index in [1.807, 2.05) is 61.5 Å². The van der Waals surface area contributed by atoms with Gasteiger partial charge in [0.15, 0.2) is 5.82 Å². The third-order valence-corrected chi connectivity index (χ3v) is 5.61. The molecule has 3 aromatic carbocycles. The smallest absolute Gasteiger partial charge is 0.321 e. The van der Waals surface area contributed by atoms with Crippen LogP contribution in [-0.4, -0.2) is 40.6 Å². The fourth-order valence-corrected chi connectivity index (χ4v) is 3.43. The van der Waals surface area contributed by atoms with E-state index < -0.39 is 0 Å². The zero-order chi connectivity index (χ0) is 24.6. The standard InChI is InChI=1S/C27H27N5O3/c1-19-8-6-7-9-22(19)18-28-25(33)20-12-14-21(15-13-20)26-30-24(31-35-26)16-17-32(2)27(34)29-23-10-4-3-5-11-23/h3-15H,16-18H2,1-2H3,(H,28,33)(H,29,34). The van der Waals surface area contributed by atoms with E-state index in [0.29, 0.717) is 36.8 Å². The maximum absolute atomic E-state index is 12.5.